The molecule has 3 N–H and O–H groups in total. The molecular weight excluding hydrogens is 419 g/mol. The van der Waals surface area contributed by atoms with E-state index in [4.69, 9.17) is 5.14 Å². The van der Waals surface area contributed by atoms with Crippen molar-refractivity contribution in [1.82, 2.24) is 4.90 Å². The fraction of sp³-hybridized carbons (Fsp3) is 0.350. The van der Waals surface area contributed by atoms with Crippen molar-refractivity contribution in [1.29, 1.82) is 0 Å². The molecule has 1 fully saturated rings. The number of sulfonamides is 1. The summed E-state index contributed by atoms with van der Waals surface area (Å²) in [5, 5.41) is 7.73. The molecule has 0 aromatic heterocycles. The van der Waals surface area contributed by atoms with Gasteiger partial charge in [0, 0.05) is 17.8 Å². The fourth-order valence-electron chi connectivity index (χ4n) is 3.27. The van der Waals surface area contributed by atoms with Crippen LogP contribution in [0.5, 0.6) is 0 Å². The highest BCUT2D eigenvalue weighted by Crippen LogP contribution is 2.36. The van der Waals surface area contributed by atoms with Crippen LogP contribution in [-0.2, 0) is 21.0 Å². The number of hydrogen-bond acceptors (Lipinski definition) is 4. The van der Waals surface area contributed by atoms with Gasteiger partial charge in [0.2, 0.25) is 15.9 Å². The lowest BCUT2D eigenvalue weighted by Gasteiger charge is -2.29. The van der Waals surface area contributed by atoms with E-state index in [1.54, 1.807) is 13.0 Å². The number of carbonyl (C=O) groups is 1. The van der Waals surface area contributed by atoms with Gasteiger partial charge in [-0.1, -0.05) is 18.2 Å². The molecule has 3 rings (SSSR count). The van der Waals surface area contributed by atoms with Crippen LogP contribution in [0.1, 0.15) is 36.9 Å². The molecule has 30 heavy (non-hydrogen) atoms. The molecule has 1 aliphatic carbocycles. The van der Waals surface area contributed by atoms with E-state index in [0.29, 0.717) is 5.56 Å². The van der Waals surface area contributed by atoms with E-state index >= 15 is 0 Å². The Kier molecular flexibility index (Phi) is 6.21. The maximum Gasteiger partial charge on any atom is 0.416 e. The number of alkyl halides is 3. The SMILES string of the molecule is CC(c1cccc(C(F)(F)F)c1)N(CC(=O)Nc1cccc(S(N)(=O)=O)c1)C1CC1. The first kappa shape index (κ1) is 22.3. The van der Waals surface area contributed by atoms with Crippen LogP contribution in [0, 0.1) is 0 Å². The molecule has 0 radical (unpaired) electrons. The number of carbonyl (C=O) groups excluding carboxylic acids is 1. The molecule has 0 aliphatic heterocycles. The number of primary sulfonamides is 1. The van der Waals surface area contributed by atoms with Gasteiger partial charge in [-0.05, 0) is 55.7 Å². The van der Waals surface area contributed by atoms with Gasteiger partial charge in [0.15, 0.2) is 0 Å². The third-order valence-electron chi connectivity index (χ3n) is 4.98. The summed E-state index contributed by atoms with van der Waals surface area (Å²) in [5.74, 6) is -0.396. The summed E-state index contributed by atoms with van der Waals surface area (Å²) in [4.78, 5) is 14.3. The molecule has 1 unspecified atom stereocenters. The van der Waals surface area contributed by atoms with Crippen LogP contribution in [0.2, 0.25) is 0 Å². The predicted octanol–water partition coefficient (Wildman–Crippen LogP) is 3.52. The Morgan fingerprint density at radius 2 is 1.87 bits per heavy atom. The van der Waals surface area contributed by atoms with Gasteiger partial charge in [-0.2, -0.15) is 13.2 Å². The normalized spacial score (nSPS) is 15.8. The van der Waals surface area contributed by atoms with Crippen molar-refractivity contribution < 1.29 is 26.4 Å². The number of amides is 1. The highest BCUT2D eigenvalue weighted by atomic mass is 32.2. The first-order valence-corrected chi connectivity index (χ1v) is 10.9. The van der Waals surface area contributed by atoms with Crippen LogP contribution >= 0.6 is 0 Å². The minimum Gasteiger partial charge on any atom is -0.325 e. The number of halogens is 3. The molecule has 0 bridgehead atoms. The van der Waals surface area contributed by atoms with E-state index < -0.39 is 33.7 Å². The molecule has 2 aromatic rings. The third-order valence-corrected chi connectivity index (χ3v) is 5.89. The summed E-state index contributed by atoms with van der Waals surface area (Å²) in [6.45, 7) is 1.73. The third kappa shape index (κ3) is 5.59. The molecule has 0 spiro atoms. The number of rotatable bonds is 7. The number of anilines is 1. The Balaban J connectivity index is 1.74. The second kappa shape index (κ2) is 8.37. The molecule has 6 nitrogen and oxygen atoms in total. The minimum absolute atomic E-state index is 0.0400. The Morgan fingerprint density at radius 1 is 1.20 bits per heavy atom. The molecule has 0 heterocycles. The Labute approximate surface area is 172 Å². The van der Waals surface area contributed by atoms with E-state index in [2.05, 4.69) is 5.32 Å². The molecule has 1 atom stereocenters. The van der Waals surface area contributed by atoms with Crippen molar-refractivity contribution in [3.8, 4) is 0 Å². The number of nitrogens with one attached hydrogen (secondary N) is 1. The quantitative estimate of drug-likeness (QED) is 0.688. The molecule has 0 saturated heterocycles. The molecule has 1 saturated carbocycles. The van der Waals surface area contributed by atoms with Crippen molar-refractivity contribution in [3.05, 3.63) is 59.7 Å². The molecular formula is C20H22F3N3O3S. The van der Waals surface area contributed by atoms with Crippen molar-refractivity contribution in [2.45, 2.75) is 42.9 Å². The zero-order valence-corrected chi connectivity index (χ0v) is 17.0. The largest absolute Gasteiger partial charge is 0.416 e. The summed E-state index contributed by atoms with van der Waals surface area (Å²) < 4.78 is 62.1. The highest BCUT2D eigenvalue weighted by molar-refractivity contribution is 7.89. The van der Waals surface area contributed by atoms with Gasteiger partial charge in [0.25, 0.3) is 0 Å². The van der Waals surface area contributed by atoms with Crippen LogP contribution in [0.4, 0.5) is 18.9 Å². The standard InChI is InChI=1S/C20H22F3N3O3S/c1-13(14-4-2-5-15(10-14)20(21,22)23)26(17-8-9-17)12-19(27)25-16-6-3-7-18(11-16)30(24,28)29/h2-7,10-11,13,17H,8-9,12H2,1H3,(H,25,27)(H2,24,28,29). The van der Waals surface area contributed by atoms with Gasteiger partial charge in [0.1, 0.15) is 0 Å². The maximum absolute atomic E-state index is 13.0. The van der Waals surface area contributed by atoms with Crippen LogP contribution in [-0.4, -0.2) is 31.8 Å². The van der Waals surface area contributed by atoms with Gasteiger partial charge in [-0.25, -0.2) is 13.6 Å². The highest BCUT2D eigenvalue weighted by Gasteiger charge is 2.35. The van der Waals surface area contributed by atoms with Crippen LogP contribution < -0.4 is 10.5 Å². The molecule has 10 heteroatoms. The second-order valence-electron chi connectivity index (χ2n) is 7.32. The summed E-state index contributed by atoms with van der Waals surface area (Å²) in [6.07, 6.45) is -2.72. The first-order chi connectivity index (χ1) is 13.9. The van der Waals surface area contributed by atoms with Crippen LogP contribution in [0.15, 0.2) is 53.4 Å². The number of nitrogens with two attached hydrogens (primary N) is 1. The summed E-state index contributed by atoms with van der Waals surface area (Å²) in [5.41, 5.74) is 0.0154. The van der Waals surface area contributed by atoms with Crippen molar-refractivity contribution >= 4 is 21.6 Å². The topological polar surface area (TPSA) is 92.5 Å². The zero-order valence-electron chi connectivity index (χ0n) is 16.2. The van der Waals surface area contributed by atoms with Crippen LogP contribution in [0.25, 0.3) is 0 Å². The van der Waals surface area contributed by atoms with Crippen molar-refractivity contribution in [3.63, 3.8) is 0 Å². The van der Waals surface area contributed by atoms with Gasteiger partial charge < -0.3 is 5.32 Å². The fourth-order valence-corrected chi connectivity index (χ4v) is 3.83. The second-order valence-corrected chi connectivity index (χ2v) is 8.89. The smallest absolute Gasteiger partial charge is 0.325 e. The molecule has 1 amide bonds. The van der Waals surface area contributed by atoms with Gasteiger partial charge in [-0.15, -0.1) is 0 Å². The first-order valence-electron chi connectivity index (χ1n) is 9.31. The zero-order chi connectivity index (χ0) is 22.1. The lowest BCUT2D eigenvalue weighted by molar-refractivity contribution is -0.137. The minimum atomic E-state index is -4.44. The van der Waals surface area contributed by atoms with Gasteiger partial charge >= 0.3 is 6.18 Å². The summed E-state index contributed by atoms with van der Waals surface area (Å²) in [6, 6.07) is 10.4. The van der Waals surface area contributed by atoms with Crippen molar-refractivity contribution in [2.24, 2.45) is 5.14 Å². The number of benzene rings is 2. The average molecular weight is 441 g/mol. The van der Waals surface area contributed by atoms with Crippen LogP contribution in [0.3, 0.4) is 0 Å². The van der Waals surface area contributed by atoms with E-state index in [9.17, 15) is 26.4 Å². The van der Waals surface area contributed by atoms with E-state index in [0.717, 1.165) is 25.0 Å². The Hall–Kier alpha value is -2.43. The summed E-state index contributed by atoms with van der Waals surface area (Å²) in [7, 11) is -3.91. The molecule has 162 valence electrons. The Morgan fingerprint density at radius 3 is 2.47 bits per heavy atom. The monoisotopic (exact) mass is 441 g/mol. The average Bonchev–Trinajstić information content (AvgIpc) is 3.49. The molecule has 1 aliphatic rings. The van der Waals surface area contributed by atoms with E-state index in [1.807, 2.05) is 4.90 Å². The van der Waals surface area contributed by atoms with E-state index in [1.165, 1.54) is 30.3 Å². The number of hydrogen-bond donors (Lipinski definition) is 2. The lowest BCUT2D eigenvalue weighted by atomic mass is 10.0. The van der Waals surface area contributed by atoms with Crippen molar-refractivity contribution in [2.75, 3.05) is 11.9 Å². The van der Waals surface area contributed by atoms with Gasteiger partial charge in [0.05, 0.1) is 17.0 Å². The summed E-state index contributed by atoms with van der Waals surface area (Å²) >= 11 is 0. The van der Waals surface area contributed by atoms with E-state index in [-0.39, 0.29) is 23.2 Å². The predicted molar refractivity (Wildman–Crippen MR) is 106 cm³/mol. The Bertz CT molecular complexity index is 1040. The lowest BCUT2D eigenvalue weighted by Crippen LogP contribution is -2.37. The molecule has 2 aromatic carbocycles. The van der Waals surface area contributed by atoms with Gasteiger partial charge in [-0.3, -0.25) is 9.69 Å². The maximum atomic E-state index is 13.0. The number of nitrogens with zero attached hydrogens (tertiary/aromatic N) is 1.